The van der Waals surface area contributed by atoms with Crippen LogP contribution in [0.4, 0.5) is 11.4 Å². The molecule has 1 fully saturated rings. The molecule has 1 saturated carbocycles. The Morgan fingerprint density at radius 1 is 1.40 bits per heavy atom. The van der Waals surface area contributed by atoms with Gasteiger partial charge in [-0.3, -0.25) is 4.79 Å². The van der Waals surface area contributed by atoms with E-state index >= 15 is 0 Å². The minimum Gasteiger partial charge on any atom is -0.397 e. The molecule has 20 heavy (non-hydrogen) atoms. The molecule has 2 rings (SSSR count). The fraction of sp³-hybridized carbons (Fsp3) is 0.562. The summed E-state index contributed by atoms with van der Waals surface area (Å²) in [5.41, 5.74) is 8.53. The number of hydrogen-bond acceptors (Lipinski definition) is 3. The van der Waals surface area contributed by atoms with Gasteiger partial charge in [0.05, 0.1) is 11.4 Å². The van der Waals surface area contributed by atoms with Gasteiger partial charge in [-0.1, -0.05) is 13.8 Å². The van der Waals surface area contributed by atoms with Crippen LogP contribution in [0.5, 0.6) is 0 Å². The van der Waals surface area contributed by atoms with Crippen molar-refractivity contribution >= 4 is 17.3 Å². The van der Waals surface area contributed by atoms with Gasteiger partial charge in [0.2, 0.25) is 0 Å². The number of rotatable bonds is 3. The highest BCUT2D eigenvalue weighted by molar-refractivity contribution is 5.96. The summed E-state index contributed by atoms with van der Waals surface area (Å²) in [5.74, 6) is -0.0234. The van der Waals surface area contributed by atoms with E-state index in [1.54, 1.807) is 6.07 Å². The lowest BCUT2D eigenvalue weighted by Gasteiger charge is -2.19. The van der Waals surface area contributed by atoms with E-state index in [0.717, 1.165) is 18.5 Å². The van der Waals surface area contributed by atoms with E-state index in [1.165, 1.54) is 6.42 Å². The van der Waals surface area contributed by atoms with Gasteiger partial charge in [-0.25, -0.2) is 0 Å². The maximum Gasteiger partial charge on any atom is 0.251 e. The Morgan fingerprint density at radius 2 is 2.10 bits per heavy atom. The summed E-state index contributed by atoms with van der Waals surface area (Å²) in [7, 11) is 3.87. The molecule has 0 saturated heterocycles. The number of carbonyl (C=O) groups is 1. The smallest absolute Gasteiger partial charge is 0.251 e. The van der Waals surface area contributed by atoms with Crippen LogP contribution in [0.1, 0.15) is 43.5 Å². The molecule has 0 heterocycles. The van der Waals surface area contributed by atoms with Crippen molar-refractivity contribution in [3.8, 4) is 0 Å². The van der Waals surface area contributed by atoms with Crippen LogP contribution < -0.4 is 16.0 Å². The molecule has 1 aliphatic rings. The van der Waals surface area contributed by atoms with Crippen molar-refractivity contribution in [2.75, 3.05) is 24.7 Å². The molecule has 4 nitrogen and oxygen atoms in total. The summed E-state index contributed by atoms with van der Waals surface area (Å²) in [6.45, 7) is 4.51. The van der Waals surface area contributed by atoms with Crippen LogP contribution in [-0.4, -0.2) is 26.0 Å². The molecule has 1 amide bonds. The molecule has 1 aromatic rings. The Bertz CT molecular complexity index is 508. The Hall–Kier alpha value is -1.71. The van der Waals surface area contributed by atoms with Crippen molar-refractivity contribution in [3.05, 3.63) is 23.8 Å². The van der Waals surface area contributed by atoms with E-state index in [1.807, 2.05) is 31.1 Å². The summed E-state index contributed by atoms with van der Waals surface area (Å²) >= 11 is 0. The molecule has 0 spiro atoms. The van der Waals surface area contributed by atoms with E-state index in [-0.39, 0.29) is 11.9 Å². The average molecular weight is 275 g/mol. The number of hydrogen-bond donors (Lipinski definition) is 2. The molecule has 0 bridgehead atoms. The first-order chi connectivity index (χ1) is 9.28. The molecule has 1 aliphatic carbocycles. The van der Waals surface area contributed by atoms with Crippen molar-refractivity contribution in [1.82, 2.24) is 5.32 Å². The van der Waals surface area contributed by atoms with E-state index in [2.05, 4.69) is 19.2 Å². The zero-order chi connectivity index (χ0) is 14.9. The van der Waals surface area contributed by atoms with Crippen LogP contribution >= 0.6 is 0 Å². The quantitative estimate of drug-likeness (QED) is 0.834. The van der Waals surface area contributed by atoms with Crippen molar-refractivity contribution < 1.29 is 4.79 Å². The third-order valence-electron chi connectivity index (χ3n) is 4.08. The number of nitrogens with one attached hydrogen (secondary N) is 1. The van der Waals surface area contributed by atoms with Gasteiger partial charge in [-0.2, -0.15) is 0 Å². The number of nitrogens with two attached hydrogens (primary N) is 1. The van der Waals surface area contributed by atoms with E-state index in [0.29, 0.717) is 16.7 Å². The topological polar surface area (TPSA) is 58.4 Å². The van der Waals surface area contributed by atoms with Gasteiger partial charge in [-0.15, -0.1) is 0 Å². The van der Waals surface area contributed by atoms with Crippen LogP contribution in [-0.2, 0) is 0 Å². The second-order valence-electron chi connectivity index (χ2n) is 6.75. The lowest BCUT2D eigenvalue weighted by Crippen LogP contribution is -2.33. The van der Waals surface area contributed by atoms with Crippen LogP contribution in [0.3, 0.4) is 0 Å². The molecule has 3 N–H and O–H groups in total. The Balaban J connectivity index is 2.05. The third-order valence-corrected chi connectivity index (χ3v) is 4.08. The van der Waals surface area contributed by atoms with Crippen molar-refractivity contribution in [2.45, 2.75) is 39.2 Å². The second kappa shape index (κ2) is 5.35. The number of nitrogen functional groups attached to an aromatic ring is 1. The first-order valence-electron chi connectivity index (χ1n) is 7.16. The Labute approximate surface area is 121 Å². The summed E-state index contributed by atoms with van der Waals surface area (Å²) in [5, 5.41) is 3.12. The van der Waals surface area contributed by atoms with Gasteiger partial charge in [0.25, 0.3) is 5.91 Å². The van der Waals surface area contributed by atoms with Crippen LogP contribution in [0, 0.1) is 5.41 Å². The summed E-state index contributed by atoms with van der Waals surface area (Å²) < 4.78 is 0. The van der Waals surface area contributed by atoms with Crippen molar-refractivity contribution in [2.24, 2.45) is 5.41 Å². The first-order valence-corrected chi connectivity index (χ1v) is 7.16. The highest BCUT2D eigenvalue weighted by Gasteiger charge is 2.31. The van der Waals surface area contributed by atoms with Gasteiger partial charge < -0.3 is 16.0 Å². The minimum absolute atomic E-state index is 0.0234. The number of anilines is 2. The van der Waals surface area contributed by atoms with Gasteiger partial charge in [-0.05, 0) is 42.9 Å². The van der Waals surface area contributed by atoms with E-state index < -0.39 is 0 Å². The summed E-state index contributed by atoms with van der Waals surface area (Å²) in [4.78, 5) is 14.2. The largest absolute Gasteiger partial charge is 0.397 e. The van der Waals surface area contributed by atoms with E-state index in [9.17, 15) is 4.79 Å². The molecule has 1 atom stereocenters. The maximum atomic E-state index is 12.3. The summed E-state index contributed by atoms with van der Waals surface area (Å²) in [6.07, 6.45) is 3.27. The fourth-order valence-corrected chi connectivity index (χ4v) is 2.93. The first kappa shape index (κ1) is 14.7. The van der Waals surface area contributed by atoms with Crippen LogP contribution in [0.25, 0.3) is 0 Å². The lowest BCUT2D eigenvalue weighted by atomic mass is 9.92. The van der Waals surface area contributed by atoms with Crippen LogP contribution in [0.2, 0.25) is 0 Å². The van der Waals surface area contributed by atoms with Crippen LogP contribution in [0.15, 0.2) is 18.2 Å². The zero-order valence-electron chi connectivity index (χ0n) is 12.9. The van der Waals surface area contributed by atoms with E-state index in [4.69, 9.17) is 5.73 Å². The monoisotopic (exact) mass is 275 g/mol. The standard InChI is InChI=1S/C16H25N3O/c1-16(2)8-7-12(10-16)18-15(20)11-5-6-14(19(3)4)13(17)9-11/h5-6,9,12H,7-8,10,17H2,1-4H3,(H,18,20). The van der Waals surface area contributed by atoms with Gasteiger partial charge in [0.1, 0.15) is 0 Å². The minimum atomic E-state index is -0.0234. The Morgan fingerprint density at radius 3 is 2.60 bits per heavy atom. The second-order valence-corrected chi connectivity index (χ2v) is 6.75. The molecule has 1 unspecified atom stereocenters. The number of amides is 1. The average Bonchev–Trinajstić information content (AvgIpc) is 2.68. The summed E-state index contributed by atoms with van der Waals surface area (Å²) in [6, 6.07) is 5.77. The number of benzene rings is 1. The van der Waals surface area contributed by atoms with Crippen molar-refractivity contribution in [1.29, 1.82) is 0 Å². The number of nitrogens with zero attached hydrogens (tertiary/aromatic N) is 1. The third kappa shape index (κ3) is 3.24. The maximum absolute atomic E-state index is 12.3. The molecular weight excluding hydrogens is 250 g/mol. The van der Waals surface area contributed by atoms with Gasteiger partial charge >= 0.3 is 0 Å². The molecule has 1 aromatic carbocycles. The van der Waals surface area contributed by atoms with Crippen molar-refractivity contribution in [3.63, 3.8) is 0 Å². The zero-order valence-corrected chi connectivity index (χ0v) is 12.9. The fourth-order valence-electron chi connectivity index (χ4n) is 2.93. The number of carbonyl (C=O) groups excluding carboxylic acids is 1. The molecule has 0 aromatic heterocycles. The predicted molar refractivity (Wildman–Crippen MR) is 84.1 cm³/mol. The molecule has 110 valence electrons. The normalized spacial score (nSPS) is 20.7. The lowest BCUT2D eigenvalue weighted by molar-refractivity contribution is 0.0936. The predicted octanol–water partition coefficient (Wildman–Crippen LogP) is 2.64. The van der Waals surface area contributed by atoms with Gasteiger partial charge in [0.15, 0.2) is 0 Å². The molecule has 4 heteroatoms. The highest BCUT2D eigenvalue weighted by Crippen LogP contribution is 2.37. The SMILES string of the molecule is CN(C)c1ccc(C(=O)NC2CCC(C)(C)C2)cc1N. The molecular formula is C16H25N3O. The van der Waals surface area contributed by atoms with Gasteiger partial charge in [0, 0.05) is 25.7 Å². The highest BCUT2D eigenvalue weighted by atomic mass is 16.1. The molecule has 0 radical (unpaired) electrons. The molecule has 0 aliphatic heterocycles. The Kier molecular flexibility index (Phi) is 3.93.